The molecule has 8 nitrogen and oxygen atoms in total. The van der Waals surface area contributed by atoms with Crippen LogP contribution in [0.4, 0.5) is 4.79 Å². The number of H-pyrrole nitrogens is 1. The molecule has 1 aromatic heterocycles. The van der Waals surface area contributed by atoms with Crippen LogP contribution < -0.4 is 10.6 Å². The first-order valence-electron chi connectivity index (χ1n) is 11.6. The monoisotopic (exact) mass is 485 g/mol. The minimum atomic E-state index is -1.18. The Morgan fingerprint density at radius 2 is 1.42 bits per heavy atom. The van der Waals surface area contributed by atoms with Crippen molar-refractivity contribution in [2.45, 2.75) is 31.5 Å². The van der Waals surface area contributed by atoms with Crippen molar-refractivity contribution >= 4 is 28.9 Å². The Kier molecular flexibility index (Phi) is 7.97. The molecule has 0 spiro atoms. The molecule has 0 bridgehead atoms. The van der Waals surface area contributed by atoms with Crippen molar-refractivity contribution in [2.75, 3.05) is 0 Å². The number of nitrogens with one attached hydrogen (secondary N) is 3. The van der Waals surface area contributed by atoms with Crippen LogP contribution >= 0.6 is 0 Å². The lowest BCUT2D eigenvalue weighted by atomic mass is 10.0. The molecule has 0 fully saturated rings. The van der Waals surface area contributed by atoms with Crippen LogP contribution in [0.25, 0.3) is 10.9 Å². The Balaban J connectivity index is 1.46. The fraction of sp³-hybridized carbons (Fsp3) is 0.179. The predicted octanol–water partition coefficient (Wildman–Crippen LogP) is 3.82. The number of carboxylic acid groups (broad SMARTS) is 1. The zero-order valence-electron chi connectivity index (χ0n) is 19.5. The van der Waals surface area contributed by atoms with Crippen molar-refractivity contribution in [2.24, 2.45) is 0 Å². The molecule has 184 valence electrons. The van der Waals surface area contributed by atoms with Gasteiger partial charge >= 0.3 is 12.1 Å². The van der Waals surface area contributed by atoms with Gasteiger partial charge < -0.3 is 25.5 Å². The number of hydrogen-bond acceptors (Lipinski definition) is 4. The number of carbonyl (C=O) groups excluding carboxylic acids is 2. The number of aromatic nitrogens is 1. The van der Waals surface area contributed by atoms with Gasteiger partial charge in [0.1, 0.15) is 18.7 Å². The summed E-state index contributed by atoms with van der Waals surface area (Å²) in [4.78, 5) is 40.9. The lowest BCUT2D eigenvalue weighted by Crippen LogP contribution is -2.53. The van der Waals surface area contributed by atoms with Crippen molar-refractivity contribution in [1.82, 2.24) is 15.6 Å². The van der Waals surface area contributed by atoms with Gasteiger partial charge in [0.2, 0.25) is 5.91 Å². The van der Waals surface area contributed by atoms with Crippen molar-refractivity contribution in [3.05, 3.63) is 108 Å². The Bertz CT molecular complexity index is 1320. The average Bonchev–Trinajstić information content (AvgIpc) is 3.30. The summed E-state index contributed by atoms with van der Waals surface area (Å²) in [5.74, 6) is -1.78. The molecule has 2 unspecified atom stereocenters. The van der Waals surface area contributed by atoms with Crippen LogP contribution in [0.5, 0.6) is 0 Å². The molecule has 3 aromatic carbocycles. The topological polar surface area (TPSA) is 121 Å². The van der Waals surface area contributed by atoms with Gasteiger partial charge in [-0.1, -0.05) is 78.9 Å². The second-order valence-electron chi connectivity index (χ2n) is 8.41. The van der Waals surface area contributed by atoms with Crippen LogP contribution in [0.2, 0.25) is 0 Å². The van der Waals surface area contributed by atoms with Crippen LogP contribution in [0.3, 0.4) is 0 Å². The standard InChI is InChI=1S/C28H27N3O5/c32-26(30-25(27(33)34)16-21-17-29-23-14-8-7-13-22(21)23)24(15-19-9-3-1-4-10-19)31-28(35)36-18-20-11-5-2-6-12-20/h1-14,17,24-25,29H,15-16,18H2,(H,30,32)(H,31,35)(H,33,34). The third kappa shape index (κ3) is 6.50. The predicted molar refractivity (Wildman–Crippen MR) is 135 cm³/mol. The number of aliphatic carboxylic acids is 1. The van der Waals surface area contributed by atoms with E-state index in [0.29, 0.717) is 0 Å². The van der Waals surface area contributed by atoms with Crippen LogP contribution in [0.15, 0.2) is 91.1 Å². The van der Waals surface area contributed by atoms with Crippen molar-refractivity contribution in [1.29, 1.82) is 0 Å². The fourth-order valence-electron chi connectivity index (χ4n) is 3.96. The van der Waals surface area contributed by atoms with Crippen LogP contribution in [0, 0.1) is 0 Å². The van der Waals surface area contributed by atoms with Gasteiger partial charge in [0.25, 0.3) is 0 Å². The van der Waals surface area contributed by atoms with E-state index in [4.69, 9.17) is 4.74 Å². The number of alkyl carbamates (subject to hydrolysis) is 1. The number of carboxylic acids is 1. The molecule has 0 saturated carbocycles. The van der Waals surface area contributed by atoms with E-state index in [1.165, 1.54) is 0 Å². The molecule has 0 saturated heterocycles. The van der Waals surface area contributed by atoms with E-state index in [1.54, 1.807) is 6.20 Å². The number of rotatable bonds is 10. The molecular formula is C28H27N3O5. The van der Waals surface area contributed by atoms with E-state index in [9.17, 15) is 19.5 Å². The third-order valence-corrected chi connectivity index (χ3v) is 5.82. The van der Waals surface area contributed by atoms with Crippen molar-refractivity contribution in [3.63, 3.8) is 0 Å². The number of amides is 2. The smallest absolute Gasteiger partial charge is 0.408 e. The molecule has 8 heteroatoms. The summed E-state index contributed by atoms with van der Waals surface area (Å²) < 4.78 is 5.28. The van der Waals surface area contributed by atoms with E-state index in [-0.39, 0.29) is 19.4 Å². The van der Waals surface area contributed by atoms with Crippen LogP contribution in [-0.2, 0) is 33.8 Å². The van der Waals surface area contributed by atoms with E-state index >= 15 is 0 Å². The Morgan fingerprint density at radius 3 is 2.11 bits per heavy atom. The third-order valence-electron chi connectivity index (χ3n) is 5.82. The maximum atomic E-state index is 13.2. The highest BCUT2D eigenvalue weighted by Gasteiger charge is 2.28. The maximum absolute atomic E-state index is 13.2. The molecule has 0 aliphatic heterocycles. The number of para-hydroxylation sites is 1. The second-order valence-corrected chi connectivity index (χ2v) is 8.41. The molecule has 2 atom stereocenters. The normalized spacial score (nSPS) is 12.4. The highest BCUT2D eigenvalue weighted by molar-refractivity contribution is 5.90. The lowest BCUT2D eigenvalue weighted by molar-refractivity contribution is -0.142. The van der Waals surface area contributed by atoms with Crippen molar-refractivity contribution < 1.29 is 24.2 Å². The number of benzene rings is 3. The number of carbonyl (C=O) groups is 3. The fourth-order valence-corrected chi connectivity index (χ4v) is 3.96. The molecule has 4 aromatic rings. The van der Waals surface area contributed by atoms with Gasteiger partial charge in [-0.2, -0.15) is 0 Å². The molecule has 4 rings (SSSR count). The zero-order valence-corrected chi connectivity index (χ0v) is 19.5. The van der Waals surface area contributed by atoms with Gasteiger partial charge in [-0.3, -0.25) is 4.79 Å². The first kappa shape index (κ1) is 24.5. The minimum Gasteiger partial charge on any atom is -0.480 e. The summed E-state index contributed by atoms with van der Waals surface area (Å²) in [5, 5.41) is 15.9. The van der Waals surface area contributed by atoms with E-state index in [2.05, 4.69) is 15.6 Å². The molecule has 36 heavy (non-hydrogen) atoms. The molecule has 2 amide bonds. The van der Waals surface area contributed by atoms with E-state index < -0.39 is 30.1 Å². The van der Waals surface area contributed by atoms with Gasteiger partial charge in [-0.05, 0) is 22.8 Å². The summed E-state index contributed by atoms with van der Waals surface area (Å²) in [6.07, 6.45) is 1.24. The van der Waals surface area contributed by atoms with E-state index in [1.807, 2.05) is 84.9 Å². The van der Waals surface area contributed by atoms with E-state index in [0.717, 1.165) is 27.6 Å². The SMILES string of the molecule is O=C(NC(Cc1ccccc1)C(=O)NC(Cc1c[nH]c2ccccc12)C(=O)O)OCc1ccccc1. The Hall–Kier alpha value is -4.59. The summed E-state index contributed by atoms with van der Waals surface area (Å²) in [6.45, 7) is 0.0463. The molecule has 0 aliphatic carbocycles. The van der Waals surface area contributed by atoms with Gasteiger partial charge in [0.15, 0.2) is 0 Å². The van der Waals surface area contributed by atoms with Gasteiger partial charge in [-0.25, -0.2) is 9.59 Å². The number of hydrogen-bond donors (Lipinski definition) is 4. The zero-order chi connectivity index (χ0) is 25.3. The summed E-state index contributed by atoms with van der Waals surface area (Å²) >= 11 is 0. The number of fused-ring (bicyclic) bond motifs is 1. The number of ether oxygens (including phenoxy) is 1. The van der Waals surface area contributed by atoms with Crippen LogP contribution in [-0.4, -0.2) is 40.1 Å². The second kappa shape index (κ2) is 11.7. The highest BCUT2D eigenvalue weighted by Crippen LogP contribution is 2.19. The lowest BCUT2D eigenvalue weighted by Gasteiger charge is -2.21. The summed E-state index contributed by atoms with van der Waals surface area (Å²) in [7, 11) is 0. The first-order valence-corrected chi connectivity index (χ1v) is 11.6. The molecular weight excluding hydrogens is 458 g/mol. The highest BCUT2D eigenvalue weighted by atomic mass is 16.5. The van der Waals surface area contributed by atoms with Gasteiger partial charge in [0.05, 0.1) is 0 Å². The molecule has 1 heterocycles. The molecule has 0 radical (unpaired) electrons. The largest absolute Gasteiger partial charge is 0.480 e. The van der Waals surface area contributed by atoms with Gasteiger partial charge in [0, 0.05) is 29.9 Å². The van der Waals surface area contributed by atoms with Crippen LogP contribution in [0.1, 0.15) is 16.7 Å². The van der Waals surface area contributed by atoms with Crippen molar-refractivity contribution in [3.8, 4) is 0 Å². The Labute approximate surface area is 208 Å². The molecule has 4 N–H and O–H groups in total. The minimum absolute atomic E-state index is 0.0463. The molecule has 0 aliphatic rings. The number of aromatic amines is 1. The average molecular weight is 486 g/mol. The first-order chi connectivity index (χ1) is 17.5. The Morgan fingerprint density at radius 1 is 0.778 bits per heavy atom. The van der Waals surface area contributed by atoms with Gasteiger partial charge in [-0.15, -0.1) is 0 Å². The summed E-state index contributed by atoms with van der Waals surface area (Å²) in [6, 6.07) is 23.7. The summed E-state index contributed by atoms with van der Waals surface area (Å²) in [5.41, 5.74) is 3.27. The quantitative estimate of drug-likeness (QED) is 0.272. The maximum Gasteiger partial charge on any atom is 0.408 e.